The first-order chi connectivity index (χ1) is 23.7. The lowest BCUT2D eigenvalue weighted by atomic mass is 10.1. The maximum absolute atomic E-state index is 6.01. The van der Waals surface area contributed by atoms with Crippen molar-refractivity contribution >= 4 is 0 Å². The zero-order chi connectivity index (χ0) is 34.9. The summed E-state index contributed by atoms with van der Waals surface area (Å²) in [6, 6.07) is 0. The second kappa shape index (κ2) is 42.5. The molecule has 0 aliphatic carbocycles. The van der Waals surface area contributed by atoms with Crippen molar-refractivity contribution in [1.82, 2.24) is 0 Å². The van der Waals surface area contributed by atoms with Crippen LogP contribution in [0.3, 0.4) is 0 Å². The molecule has 0 spiro atoms. The van der Waals surface area contributed by atoms with Crippen molar-refractivity contribution in [3.63, 3.8) is 0 Å². The minimum absolute atomic E-state index is 0.0684. The quantitative estimate of drug-likeness (QED) is 0.0366. The Morgan fingerprint density at radius 1 is 0.396 bits per heavy atom. The van der Waals surface area contributed by atoms with E-state index in [1.54, 1.807) is 0 Å². The van der Waals surface area contributed by atoms with Gasteiger partial charge in [0, 0.05) is 13.2 Å². The van der Waals surface area contributed by atoms with Crippen LogP contribution in [0.25, 0.3) is 0 Å². The third-order valence-electron chi connectivity index (χ3n) is 9.19. The van der Waals surface area contributed by atoms with Gasteiger partial charge in [-0.2, -0.15) is 0 Å². The van der Waals surface area contributed by atoms with Gasteiger partial charge in [0.1, 0.15) is 13.6 Å². The molecule has 0 rings (SSSR count). The molecule has 0 bridgehead atoms. The van der Waals surface area contributed by atoms with Gasteiger partial charge in [-0.05, 0) is 76.5 Å². The number of hydrogen-bond donors (Lipinski definition) is 0. The Labute approximate surface area is 302 Å². The van der Waals surface area contributed by atoms with E-state index in [-0.39, 0.29) is 6.10 Å². The molecular formula is C44H86O4. The van der Waals surface area contributed by atoms with Crippen molar-refractivity contribution in [3.05, 3.63) is 24.3 Å². The van der Waals surface area contributed by atoms with Crippen molar-refractivity contribution in [2.24, 2.45) is 5.92 Å². The van der Waals surface area contributed by atoms with E-state index in [1.807, 2.05) is 0 Å². The molecule has 0 heterocycles. The van der Waals surface area contributed by atoms with Gasteiger partial charge in [0.2, 0.25) is 0 Å². The van der Waals surface area contributed by atoms with Gasteiger partial charge in [-0.1, -0.05) is 168 Å². The van der Waals surface area contributed by atoms with Crippen LogP contribution in [0.15, 0.2) is 24.3 Å². The summed E-state index contributed by atoms with van der Waals surface area (Å²) >= 11 is 0. The molecule has 48 heavy (non-hydrogen) atoms. The smallest absolute Gasteiger partial charge is 0.147 e. The van der Waals surface area contributed by atoms with E-state index in [0.717, 1.165) is 32.5 Å². The fourth-order valence-electron chi connectivity index (χ4n) is 6.11. The third kappa shape index (κ3) is 41.5. The van der Waals surface area contributed by atoms with Crippen LogP contribution in [-0.4, -0.2) is 39.5 Å². The van der Waals surface area contributed by atoms with E-state index in [4.69, 9.17) is 18.9 Å². The monoisotopic (exact) mass is 679 g/mol. The first kappa shape index (κ1) is 47.3. The molecule has 4 nitrogen and oxygen atoms in total. The minimum Gasteiger partial charge on any atom is -0.355 e. The zero-order valence-electron chi connectivity index (χ0n) is 33.1. The van der Waals surface area contributed by atoms with Crippen LogP contribution in [0.5, 0.6) is 0 Å². The molecule has 0 aromatic carbocycles. The van der Waals surface area contributed by atoms with Crippen LogP contribution < -0.4 is 0 Å². The molecule has 0 fully saturated rings. The Morgan fingerprint density at radius 2 is 0.750 bits per heavy atom. The second-order valence-electron chi connectivity index (χ2n) is 14.7. The zero-order valence-corrected chi connectivity index (χ0v) is 33.1. The molecule has 0 aliphatic rings. The lowest BCUT2D eigenvalue weighted by molar-refractivity contribution is -0.137. The minimum atomic E-state index is 0.0684. The number of ether oxygens (including phenoxy) is 4. The molecule has 0 saturated carbocycles. The van der Waals surface area contributed by atoms with Crippen LogP contribution in [0.2, 0.25) is 0 Å². The normalized spacial score (nSPS) is 12.8. The highest BCUT2D eigenvalue weighted by Crippen LogP contribution is 2.13. The Bertz CT molecular complexity index is 631. The summed E-state index contributed by atoms with van der Waals surface area (Å²) in [5.74, 6) is 0.566. The highest BCUT2D eigenvalue weighted by molar-refractivity contribution is 4.82. The maximum Gasteiger partial charge on any atom is 0.147 e. The van der Waals surface area contributed by atoms with Crippen molar-refractivity contribution in [2.45, 2.75) is 220 Å². The van der Waals surface area contributed by atoms with Crippen LogP contribution in [0.1, 0.15) is 214 Å². The van der Waals surface area contributed by atoms with Crippen molar-refractivity contribution in [3.8, 4) is 0 Å². The maximum atomic E-state index is 6.01. The number of allylic oxidation sites excluding steroid dienone is 4. The van der Waals surface area contributed by atoms with Gasteiger partial charge in [0.05, 0.1) is 12.7 Å². The summed E-state index contributed by atoms with van der Waals surface area (Å²) in [5.41, 5.74) is 0. The van der Waals surface area contributed by atoms with E-state index in [0.29, 0.717) is 26.1 Å². The number of unbranched alkanes of at least 4 members (excludes halogenated alkanes) is 24. The molecule has 0 N–H and O–H groups in total. The fraction of sp³-hybridized carbons (Fsp3) is 0.909. The van der Waals surface area contributed by atoms with E-state index < -0.39 is 0 Å². The molecule has 1 atom stereocenters. The Morgan fingerprint density at radius 3 is 1.15 bits per heavy atom. The van der Waals surface area contributed by atoms with E-state index in [2.05, 4.69) is 52.0 Å². The molecule has 0 aromatic rings. The van der Waals surface area contributed by atoms with Crippen LogP contribution in [0, 0.1) is 5.92 Å². The van der Waals surface area contributed by atoms with Gasteiger partial charge in [-0.15, -0.1) is 0 Å². The molecule has 0 radical (unpaired) electrons. The summed E-state index contributed by atoms with van der Waals surface area (Å²) < 4.78 is 23.3. The largest absolute Gasteiger partial charge is 0.355 e. The highest BCUT2D eigenvalue weighted by atomic mass is 16.7. The van der Waals surface area contributed by atoms with Gasteiger partial charge in [0.15, 0.2) is 0 Å². The third-order valence-corrected chi connectivity index (χ3v) is 9.19. The van der Waals surface area contributed by atoms with Crippen molar-refractivity contribution < 1.29 is 18.9 Å². The van der Waals surface area contributed by atoms with E-state index in [9.17, 15) is 0 Å². The predicted octanol–water partition coefficient (Wildman–Crippen LogP) is 14.5. The van der Waals surface area contributed by atoms with Gasteiger partial charge < -0.3 is 18.9 Å². The molecular weight excluding hydrogens is 592 g/mol. The average molecular weight is 679 g/mol. The summed E-state index contributed by atoms with van der Waals surface area (Å²) in [6.45, 7) is 11.9. The predicted molar refractivity (Wildman–Crippen MR) is 211 cm³/mol. The molecule has 0 amide bonds. The van der Waals surface area contributed by atoms with Gasteiger partial charge in [0.25, 0.3) is 0 Å². The first-order valence-electron chi connectivity index (χ1n) is 21.3. The molecule has 0 saturated heterocycles. The van der Waals surface area contributed by atoms with Gasteiger partial charge >= 0.3 is 0 Å². The Hall–Kier alpha value is -0.680. The molecule has 1 unspecified atom stereocenters. The van der Waals surface area contributed by atoms with Crippen molar-refractivity contribution in [2.75, 3.05) is 33.4 Å². The van der Waals surface area contributed by atoms with Gasteiger partial charge in [-0.3, -0.25) is 0 Å². The SMILES string of the molecule is CCCCCCCC/C=C\CCCCCCCCOCOCC(CC(C)C)OCOCCCCCCCC/C=C\CCCCCCCC. The molecule has 4 heteroatoms. The highest BCUT2D eigenvalue weighted by Gasteiger charge is 2.12. The molecule has 0 aliphatic heterocycles. The first-order valence-corrected chi connectivity index (χ1v) is 21.3. The van der Waals surface area contributed by atoms with Crippen LogP contribution >= 0.6 is 0 Å². The number of hydrogen-bond acceptors (Lipinski definition) is 4. The standard InChI is InChI=1S/C44H86O4/c1-5-7-9-11-13-15-17-19-21-23-25-27-29-31-33-35-37-45-41-47-40-44(39-43(3)4)48-42-46-38-36-34-32-30-28-26-24-22-20-18-16-14-12-10-8-6-2/h19-22,43-44H,5-18,23-42H2,1-4H3/b21-19-,22-20-. The van der Waals surface area contributed by atoms with Crippen LogP contribution in [-0.2, 0) is 18.9 Å². The van der Waals surface area contributed by atoms with Crippen molar-refractivity contribution in [1.29, 1.82) is 0 Å². The summed E-state index contributed by atoms with van der Waals surface area (Å²) in [4.78, 5) is 0. The average Bonchev–Trinajstić information content (AvgIpc) is 3.08. The lowest BCUT2D eigenvalue weighted by Gasteiger charge is -2.20. The summed E-state index contributed by atoms with van der Waals surface area (Å²) in [5, 5.41) is 0. The molecule has 286 valence electrons. The summed E-state index contributed by atoms with van der Waals surface area (Å²) in [6.07, 6.45) is 47.9. The Kier molecular flexibility index (Phi) is 41.9. The van der Waals surface area contributed by atoms with Gasteiger partial charge in [-0.25, -0.2) is 0 Å². The fourth-order valence-corrected chi connectivity index (χ4v) is 6.11. The number of rotatable bonds is 41. The topological polar surface area (TPSA) is 36.9 Å². The van der Waals surface area contributed by atoms with E-state index >= 15 is 0 Å². The van der Waals surface area contributed by atoms with E-state index in [1.165, 1.54) is 167 Å². The lowest BCUT2D eigenvalue weighted by Crippen LogP contribution is -2.24. The Balaban J connectivity index is 3.49. The summed E-state index contributed by atoms with van der Waals surface area (Å²) in [7, 11) is 0. The second-order valence-corrected chi connectivity index (χ2v) is 14.7. The molecule has 0 aromatic heterocycles. The van der Waals surface area contributed by atoms with Crippen LogP contribution in [0.4, 0.5) is 0 Å².